The van der Waals surface area contributed by atoms with Crippen molar-refractivity contribution in [1.82, 2.24) is 14.9 Å². The van der Waals surface area contributed by atoms with Crippen LogP contribution in [0.2, 0.25) is 0 Å². The number of methoxy groups -OCH3 is 1. The number of hydrogen-bond donors (Lipinski definition) is 1. The second kappa shape index (κ2) is 8.94. The lowest BCUT2D eigenvalue weighted by Gasteiger charge is -2.26. The summed E-state index contributed by atoms with van der Waals surface area (Å²) in [5.74, 6) is 1.12. The van der Waals surface area contributed by atoms with Crippen LogP contribution in [0, 0.1) is 0 Å². The minimum atomic E-state index is -0.180. The van der Waals surface area contributed by atoms with Gasteiger partial charge < -0.3 is 19.4 Å². The van der Waals surface area contributed by atoms with E-state index in [0.717, 1.165) is 22.6 Å². The summed E-state index contributed by atoms with van der Waals surface area (Å²) in [6.45, 7) is 7.29. The van der Waals surface area contributed by atoms with Crippen LogP contribution >= 0.6 is 0 Å². The number of aromatic nitrogens is 2. The second-order valence-electron chi connectivity index (χ2n) is 8.28. The highest BCUT2D eigenvalue weighted by atomic mass is 16.5. The summed E-state index contributed by atoms with van der Waals surface area (Å²) in [7, 11) is 1.65. The first kappa shape index (κ1) is 21.1. The number of imidazole rings is 1. The SMILES string of the molecule is COc1ccc([C@H]2Cn3cnc(C(=O)N[C@H](C)c4ccc(C(C)C)cc4)c3CO2)cc1. The first-order valence-corrected chi connectivity index (χ1v) is 10.7. The molecule has 2 aromatic carbocycles. The van der Waals surface area contributed by atoms with Crippen molar-refractivity contribution in [1.29, 1.82) is 0 Å². The van der Waals surface area contributed by atoms with Gasteiger partial charge in [-0.2, -0.15) is 0 Å². The Bertz CT molecular complexity index is 1040. The van der Waals surface area contributed by atoms with Crippen molar-refractivity contribution in [2.45, 2.75) is 52.0 Å². The third-order valence-electron chi connectivity index (χ3n) is 5.88. The molecule has 31 heavy (non-hydrogen) atoms. The van der Waals surface area contributed by atoms with Gasteiger partial charge in [-0.15, -0.1) is 0 Å². The van der Waals surface area contributed by atoms with Crippen molar-refractivity contribution >= 4 is 5.91 Å². The standard InChI is InChI=1S/C25H29N3O3/c1-16(2)18-5-7-19(8-6-18)17(3)27-25(29)24-22-14-31-23(13-28(22)15-26-24)20-9-11-21(30-4)12-10-20/h5-12,15-17,23H,13-14H2,1-4H3,(H,27,29)/t17-,23-/m1/s1. The molecule has 0 aliphatic carbocycles. The highest BCUT2D eigenvalue weighted by Crippen LogP contribution is 2.29. The van der Waals surface area contributed by atoms with Gasteiger partial charge in [-0.05, 0) is 41.7 Å². The van der Waals surface area contributed by atoms with E-state index < -0.39 is 0 Å². The number of carbonyl (C=O) groups excluding carboxylic acids is 1. The number of rotatable bonds is 6. The molecule has 0 bridgehead atoms. The second-order valence-corrected chi connectivity index (χ2v) is 8.28. The smallest absolute Gasteiger partial charge is 0.272 e. The summed E-state index contributed by atoms with van der Waals surface area (Å²) < 4.78 is 13.3. The molecule has 0 unspecified atom stereocenters. The van der Waals surface area contributed by atoms with E-state index in [-0.39, 0.29) is 18.1 Å². The van der Waals surface area contributed by atoms with Crippen molar-refractivity contribution in [3.8, 4) is 5.75 Å². The van der Waals surface area contributed by atoms with Crippen LogP contribution in [0.25, 0.3) is 0 Å². The van der Waals surface area contributed by atoms with Crippen molar-refractivity contribution in [3.05, 3.63) is 82.9 Å². The van der Waals surface area contributed by atoms with E-state index in [1.165, 1.54) is 5.56 Å². The summed E-state index contributed by atoms with van der Waals surface area (Å²) in [5.41, 5.74) is 4.67. The molecule has 1 aliphatic heterocycles. The summed E-state index contributed by atoms with van der Waals surface area (Å²) >= 11 is 0. The number of carbonyl (C=O) groups is 1. The molecule has 1 aliphatic rings. The summed E-state index contributed by atoms with van der Waals surface area (Å²) in [6.07, 6.45) is 1.65. The van der Waals surface area contributed by atoms with Crippen LogP contribution in [0.5, 0.6) is 5.75 Å². The molecule has 0 saturated heterocycles. The Balaban J connectivity index is 1.43. The van der Waals surface area contributed by atoms with Gasteiger partial charge in [-0.1, -0.05) is 50.2 Å². The first-order chi connectivity index (χ1) is 15.0. The van der Waals surface area contributed by atoms with Gasteiger partial charge >= 0.3 is 0 Å². The van der Waals surface area contributed by atoms with E-state index in [0.29, 0.717) is 24.8 Å². The van der Waals surface area contributed by atoms with Gasteiger partial charge in [0.1, 0.15) is 11.9 Å². The van der Waals surface area contributed by atoms with Gasteiger partial charge in [0, 0.05) is 0 Å². The van der Waals surface area contributed by atoms with Crippen LogP contribution in [-0.4, -0.2) is 22.6 Å². The van der Waals surface area contributed by atoms with Crippen LogP contribution in [-0.2, 0) is 17.9 Å². The van der Waals surface area contributed by atoms with E-state index in [2.05, 4.69) is 48.4 Å². The van der Waals surface area contributed by atoms with Gasteiger partial charge in [0.15, 0.2) is 5.69 Å². The predicted molar refractivity (Wildman–Crippen MR) is 119 cm³/mol. The van der Waals surface area contributed by atoms with Crippen molar-refractivity contribution in [3.63, 3.8) is 0 Å². The Morgan fingerprint density at radius 3 is 2.42 bits per heavy atom. The molecule has 0 saturated carbocycles. The predicted octanol–water partition coefficient (Wildman–Crippen LogP) is 4.78. The Morgan fingerprint density at radius 2 is 1.77 bits per heavy atom. The molecule has 6 heteroatoms. The molecule has 1 amide bonds. The Labute approximate surface area is 183 Å². The molecule has 0 spiro atoms. The molecular weight excluding hydrogens is 390 g/mol. The monoisotopic (exact) mass is 419 g/mol. The Kier molecular flexibility index (Phi) is 6.09. The van der Waals surface area contributed by atoms with Crippen molar-refractivity contribution in [2.75, 3.05) is 7.11 Å². The fourth-order valence-electron chi connectivity index (χ4n) is 3.85. The van der Waals surface area contributed by atoms with Crippen LogP contribution < -0.4 is 10.1 Å². The van der Waals surface area contributed by atoms with Crippen molar-refractivity contribution in [2.24, 2.45) is 0 Å². The quantitative estimate of drug-likeness (QED) is 0.625. The number of hydrogen-bond acceptors (Lipinski definition) is 4. The summed E-state index contributed by atoms with van der Waals surface area (Å²) in [6, 6.07) is 16.1. The third-order valence-corrected chi connectivity index (χ3v) is 5.88. The molecule has 0 radical (unpaired) electrons. The van der Waals surface area contributed by atoms with Crippen LogP contribution in [0.1, 0.15) is 71.7 Å². The number of ether oxygens (including phenoxy) is 2. The van der Waals surface area contributed by atoms with E-state index in [1.807, 2.05) is 35.8 Å². The maximum Gasteiger partial charge on any atom is 0.272 e. The number of benzene rings is 2. The summed E-state index contributed by atoms with van der Waals surface area (Å²) in [4.78, 5) is 17.3. The van der Waals surface area contributed by atoms with E-state index in [1.54, 1.807) is 13.4 Å². The van der Waals surface area contributed by atoms with Gasteiger partial charge in [0.2, 0.25) is 0 Å². The third kappa shape index (κ3) is 4.49. The molecule has 6 nitrogen and oxygen atoms in total. The highest BCUT2D eigenvalue weighted by molar-refractivity contribution is 5.93. The van der Waals surface area contributed by atoms with E-state index >= 15 is 0 Å². The Morgan fingerprint density at radius 1 is 1.10 bits per heavy atom. The average molecular weight is 420 g/mol. The maximum atomic E-state index is 12.9. The molecule has 3 aromatic rings. The fraction of sp³-hybridized carbons (Fsp3) is 0.360. The molecule has 2 atom stereocenters. The highest BCUT2D eigenvalue weighted by Gasteiger charge is 2.27. The fourth-order valence-corrected chi connectivity index (χ4v) is 3.85. The molecule has 2 heterocycles. The zero-order valence-electron chi connectivity index (χ0n) is 18.5. The minimum absolute atomic E-state index is 0.0816. The lowest BCUT2D eigenvalue weighted by Crippen LogP contribution is -2.29. The molecule has 1 N–H and O–H groups in total. The van der Waals surface area contributed by atoms with Crippen LogP contribution in [0.3, 0.4) is 0 Å². The van der Waals surface area contributed by atoms with Crippen LogP contribution in [0.4, 0.5) is 0 Å². The molecule has 162 valence electrons. The molecule has 4 rings (SSSR count). The van der Waals surface area contributed by atoms with E-state index in [9.17, 15) is 4.79 Å². The van der Waals surface area contributed by atoms with Gasteiger partial charge in [-0.3, -0.25) is 4.79 Å². The Hall–Kier alpha value is -3.12. The molecular formula is C25H29N3O3. The average Bonchev–Trinajstić information content (AvgIpc) is 3.22. The number of amides is 1. The minimum Gasteiger partial charge on any atom is -0.497 e. The first-order valence-electron chi connectivity index (χ1n) is 10.7. The maximum absolute atomic E-state index is 12.9. The molecule has 1 aromatic heterocycles. The number of nitrogens with zero attached hydrogens (tertiary/aromatic N) is 2. The molecule has 0 fully saturated rings. The van der Waals surface area contributed by atoms with Gasteiger partial charge in [-0.25, -0.2) is 4.98 Å². The van der Waals surface area contributed by atoms with Gasteiger partial charge in [0.25, 0.3) is 5.91 Å². The van der Waals surface area contributed by atoms with Crippen LogP contribution in [0.15, 0.2) is 54.9 Å². The largest absolute Gasteiger partial charge is 0.497 e. The lowest BCUT2D eigenvalue weighted by atomic mass is 9.99. The van der Waals surface area contributed by atoms with Gasteiger partial charge in [0.05, 0.1) is 38.3 Å². The van der Waals surface area contributed by atoms with Crippen molar-refractivity contribution < 1.29 is 14.3 Å². The zero-order valence-corrected chi connectivity index (χ0v) is 18.5. The number of fused-ring (bicyclic) bond motifs is 1. The van der Waals surface area contributed by atoms with E-state index in [4.69, 9.17) is 9.47 Å². The lowest BCUT2D eigenvalue weighted by molar-refractivity contribution is 0.00254. The summed E-state index contributed by atoms with van der Waals surface area (Å²) in [5, 5.41) is 3.07. The number of nitrogens with one attached hydrogen (secondary N) is 1. The zero-order chi connectivity index (χ0) is 22.0. The topological polar surface area (TPSA) is 65.4 Å². The normalized spacial score (nSPS) is 16.6.